The maximum absolute atomic E-state index is 12.7. The normalized spacial score (nSPS) is 19.5. The van der Waals surface area contributed by atoms with Gasteiger partial charge >= 0.3 is 6.09 Å². The highest BCUT2D eigenvalue weighted by Crippen LogP contribution is 2.39. The highest BCUT2D eigenvalue weighted by Gasteiger charge is 2.47. The van der Waals surface area contributed by atoms with E-state index < -0.39 is 5.60 Å². The zero-order chi connectivity index (χ0) is 23.1. The molecule has 1 aromatic carbocycles. The number of fused-ring (bicyclic) bond motifs is 2. The molecule has 0 saturated carbocycles. The Morgan fingerprint density at radius 3 is 2.62 bits per heavy atom. The predicted molar refractivity (Wildman–Crippen MR) is 126 cm³/mol. The molecule has 176 valence electrons. The average molecular weight is 463 g/mol. The maximum Gasteiger partial charge on any atom is 0.415 e. The Bertz CT molecular complexity index is 1300. The van der Waals surface area contributed by atoms with Crippen LogP contribution in [0.25, 0.3) is 10.9 Å². The topological polar surface area (TPSA) is 86.1 Å². The molecule has 2 aromatic heterocycles. The summed E-state index contributed by atoms with van der Waals surface area (Å²) in [6.45, 7) is 4.52. The fourth-order valence-electron chi connectivity index (χ4n) is 5.07. The lowest BCUT2D eigenvalue weighted by Gasteiger charge is -2.37. The summed E-state index contributed by atoms with van der Waals surface area (Å²) in [7, 11) is 0. The van der Waals surface area contributed by atoms with E-state index in [4.69, 9.17) is 14.2 Å². The molecule has 1 amide bonds. The third-order valence-electron chi connectivity index (χ3n) is 7.01. The first-order chi connectivity index (χ1) is 16.6. The van der Waals surface area contributed by atoms with Crippen molar-refractivity contribution in [2.75, 3.05) is 44.3 Å². The van der Waals surface area contributed by atoms with Crippen LogP contribution >= 0.6 is 0 Å². The summed E-state index contributed by atoms with van der Waals surface area (Å²) < 4.78 is 19.0. The fraction of sp³-hybridized carbons (Fsp3) is 0.400. The minimum Gasteiger partial charge on any atom is -0.486 e. The van der Waals surface area contributed by atoms with Gasteiger partial charge in [0.05, 0.1) is 23.9 Å². The number of carbonyl (C=O) groups is 1. The summed E-state index contributed by atoms with van der Waals surface area (Å²) in [4.78, 5) is 33.4. The quantitative estimate of drug-likeness (QED) is 0.589. The van der Waals surface area contributed by atoms with E-state index in [1.54, 1.807) is 27.9 Å². The van der Waals surface area contributed by atoms with Gasteiger partial charge in [-0.15, -0.1) is 0 Å². The predicted octanol–water partition coefficient (Wildman–Crippen LogP) is 2.66. The number of piperidine rings is 1. The minimum absolute atomic E-state index is 0.0197. The lowest BCUT2D eigenvalue weighted by atomic mass is 9.91. The number of likely N-dealkylation sites (tertiary alicyclic amines) is 1. The van der Waals surface area contributed by atoms with E-state index in [0.717, 1.165) is 49.1 Å². The van der Waals surface area contributed by atoms with Crippen molar-refractivity contribution in [3.8, 4) is 11.5 Å². The van der Waals surface area contributed by atoms with Crippen molar-refractivity contribution in [3.05, 3.63) is 59.1 Å². The van der Waals surface area contributed by atoms with Gasteiger partial charge in [0.2, 0.25) is 0 Å². The number of rotatable bonds is 4. The van der Waals surface area contributed by atoms with Crippen LogP contribution in [0.3, 0.4) is 0 Å². The Morgan fingerprint density at radius 2 is 1.76 bits per heavy atom. The number of carbonyl (C=O) groups excluding carboxylic acids is 1. The van der Waals surface area contributed by atoms with Crippen LogP contribution in [0, 0.1) is 0 Å². The summed E-state index contributed by atoms with van der Waals surface area (Å²) in [5, 5.41) is 1.00. The molecule has 0 atom stereocenters. The highest BCUT2D eigenvalue weighted by atomic mass is 16.6. The molecular formula is C25H26N4O5. The monoisotopic (exact) mass is 462 g/mol. The third kappa shape index (κ3) is 3.75. The Balaban J connectivity index is 1.10. The van der Waals surface area contributed by atoms with Crippen LogP contribution in [0.1, 0.15) is 12.8 Å². The number of anilines is 1. The molecule has 2 saturated heterocycles. The molecule has 9 heteroatoms. The van der Waals surface area contributed by atoms with E-state index in [2.05, 4.69) is 9.88 Å². The lowest BCUT2D eigenvalue weighted by Crippen LogP contribution is -2.47. The van der Waals surface area contributed by atoms with Crippen molar-refractivity contribution in [3.63, 3.8) is 0 Å². The summed E-state index contributed by atoms with van der Waals surface area (Å²) in [5.41, 5.74) is 1.11. The first kappa shape index (κ1) is 21.0. The standard InChI is InChI=1S/C25H26N4O5/c30-23-4-1-18-5-8-26-16-20(18)28(23)12-11-27-9-6-25(7-10-27)17-29(24(31)34-25)19-2-3-21-22(15-19)33-14-13-32-21/h1-5,8,15-16H,6-7,9-14,17H2. The van der Waals surface area contributed by atoms with E-state index in [-0.39, 0.29) is 11.7 Å². The van der Waals surface area contributed by atoms with Crippen molar-refractivity contribution < 1.29 is 19.0 Å². The molecule has 0 radical (unpaired) electrons. The first-order valence-corrected chi connectivity index (χ1v) is 11.7. The van der Waals surface area contributed by atoms with Crippen LogP contribution in [-0.4, -0.2) is 65.5 Å². The number of hydrogen-bond acceptors (Lipinski definition) is 7. The van der Waals surface area contributed by atoms with Crippen molar-refractivity contribution >= 4 is 22.7 Å². The van der Waals surface area contributed by atoms with E-state index in [1.165, 1.54) is 0 Å². The average Bonchev–Trinajstić information content (AvgIpc) is 3.19. The van der Waals surface area contributed by atoms with E-state index in [1.807, 2.05) is 30.3 Å². The van der Waals surface area contributed by atoms with Gasteiger partial charge in [-0.2, -0.15) is 0 Å². The zero-order valence-electron chi connectivity index (χ0n) is 18.8. The van der Waals surface area contributed by atoms with Gasteiger partial charge in [-0.3, -0.25) is 14.7 Å². The molecule has 0 N–H and O–H groups in total. The van der Waals surface area contributed by atoms with Crippen LogP contribution < -0.4 is 19.9 Å². The van der Waals surface area contributed by atoms with Crippen LogP contribution in [-0.2, 0) is 11.3 Å². The van der Waals surface area contributed by atoms with Gasteiger partial charge in [0.15, 0.2) is 11.5 Å². The molecule has 3 aliphatic heterocycles. The van der Waals surface area contributed by atoms with Crippen LogP contribution in [0.4, 0.5) is 10.5 Å². The Kier molecular flexibility index (Phi) is 5.13. The van der Waals surface area contributed by atoms with Crippen molar-refractivity contribution in [2.45, 2.75) is 25.0 Å². The van der Waals surface area contributed by atoms with Gasteiger partial charge in [-0.25, -0.2) is 4.79 Å². The van der Waals surface area contributed by atoms with Gasteiger partial charge < -0.3 is 23.7 Å². The largest absolute Gasteiger partial charge is 0.486 e. The zero-order valence-corrected chi connectivity index (χ0v) is 18.8. The molecule has 6 rings (SSSR count). The van der Waals surface area contributed by atoms with Crippen molar-refractivity contribution in [1.82, 2.24) is 14.5 Å². The molecule has 34 heavy (non-hydrogen) atoms. The van der Waals surface area contributed by atoms with E-state index >= 15 is 0 Å². The third-order valence-corrected chi connectivity index (χ3v) is 7.01. The maximum atomic E-state index is 12.7. The molecule has 0 unspecified atom stereocenters. The molecule has 0 bridgehead atoms. The van der Waals surface area contributed by atoms with Gasteiger partial charge in [0, 0.05) is 62.7 Å². The molecule has 5 heterocycles. The molecule has 3 aromatic rings. The molecule has 2 fully saturated rings. The summed E-state index contributed by atoms with van der Waals surface area (Å²) in [5.74, 6) is 1.36. The van der Waals surface area contributed by atoms with E-state index in [0.29, 0.717) is 37.8 Å². The number of pyridine rings is 2. The Labute approximate surface area is 196 Å². The summed E-state index contributed by atoms with van der Waals surface area (Å²) in [6, 6.07) is 10.9. The van der Waals surface area contributed by atoms with Crippen molar-refractivity contribution in [1.29, 1.82) is 0 Å². The molecule has 1 spiro atoms. The highest BCUT2D eigenvalue weighted by molar-refractivity contribution is 5.90. The number of hydrogen-bond donors (Lipinski definition) is 0. The summed E-state index contributed by atoms with van der Waals surface area (Å²) >= 11 is 0. The second-order valence-electron chi connectivity index (χ2n) is 9.06. The lowest BCUT2D eigenvalue weighted by molar-refractivity contribution is 0.000340. The minimum atomic E-state index is -0.485. The van der Waals surface area contributed by atoms with Crippen LogP contribution in [0.2, 0.25) is 0 Å². The van der Waals surface area contributed by atoms with Crippen molar-refractivity contribution in [2.24, 2.45) is 0 Å². The number of aromatic nitrogens is 2. The molecule has 3 aliphatic rings. The van der Waals surface area contributed by atoms with Gasteiger partial charge in [-0.05, 0) is 24.3 Å². The van der Waals surface area contributed by atoms with E-state index in [9.17, 15) is 9.59 Å². The Morgan fingerprint density at radius 1 is 0.941 bits per heavy atom. The smallest absolute Gasteiger partial charge is 0.415 e. The Hall–Kier alpha value is -3.59. The second-order valence-corrected chi connectivity index (χ2v) is 9.06. The number of ether oxygens (including phenoxy) is 3. The fourth-order valence-corrected chi connectivity index (χ4v) is 5.07. The number of amides is 1. The molecule has 0 aliphatic carbocycles. The second kappa shape index (κ2) is 8.32. The molecular weight excluding hydrogens is 436 g/mol. The van der Waals surface area contributed by atoms with Crippen LogP contribution in [0.15, 0.2) is 53.6 Å². The SMILES string of the molecule is O=C1OC2(CCN(CCn3c(=O)ccc4ccncc43)CC2)CN1c1ccc2c(c1)OCCO2. The van der Waals surface area contributed by atoms with Gasteiger partial charge in [0.1, 0.15) is 18.8 Å². The number of nitrogens with zero attached hydrogens (tertiary/aromatic N) is 4. The van der Waals surface area contributed by atoms with Gasteiger partial charge in [-0.1, -0.05) is 0 Å². The summed E-state index contributed by atoms with van der Waals surface area (Å²) in [6.07, 6.45) is 4.67. The number of benzene rings is 1. The van der Waals surface area contributed by atoms with Gasteiger partial charge in [0.25, 0.3) is 5.56 Å². The molecule has 9 nitrogen and oxygen atoms in total. The first-order valence-electron chi connectivity index (χ1n) is 11.7. The van der Waals surface area contributed by atoms with Crippen LogP contribution in [0.5, 0.6) is 11.5 Å².